The van der Waals surface area contributed by atoms with Crippen LogP contribution in [0.15, 0.2) is 35.9 Å². The molecule has 1 aliphatic heterocycles. The van der Waals surface area contributed by atoms with Crippen LogP contribution in [0, 0.1) is 5.82 Å². The zero-order valence-electron chi connectivity index (χ0n) is 11.4. The number of hydrogen-bond acceptors (Lipinski definition) is 2. The number of amides is 1. The molecule has 0 atom stereocenters. The molecule has 1 aliphatic rings. The van der Waals surface area contributed by atoms with Crippen molar-refractivity contribution in [2.75, 3.05) is 27.2 Å². The van der Waals surface area contributed by atoms with Crippen LogP contribution >= 0.6 is 0 Å². The van der Waals surface area contributed by atoms with Gasteiger partial charge in [-0.15, -0.1) is 0 Å². The lowest BCUT2D eigenvalue weighted by molar-refractivity contribution is -0.125. The van der Waals surface area contributed by atoms with E-state index in [1.54, 1.807) is 31.1 Å². The summed E-state index contributed by atoms with van der Waals surface area (Å²) in [5.41, 5.74) is 1.84. The molecule has 19 heavy (non-hydrogen) atoms. The second-order valence-corrected chi connectivity index (χ2v) is 5.04. The number of nitrogens with zero attached hydrogens (tertiary/aromatic N) is 2. The van der Waals surface area contributed by atoms with Gasteiger partial charge in [-0.2, -0.15) is 0 Å². The van der Waals surface area contributed by atoms with Gasteiger partial charge in [0, 0.05) is 39.3 Å². The van der Waals surface area contributed by atoms with E-state index in [2.05, 4.69) is 4.90 Å². The number of carbonyl (C=O) groups excluding carboxylic acids is 1. The van der Waals surface area contributed by atoms with Crippen LogP contribution in [-0.2, 0) is 11.3 Å². The van der Waals surface area contributed by atoms with Crippen molar-refractivity contribution in [2.24, 2.45) is 0 Å². The standard InChI is InChI=1S/C15H19FN2O/c1-17(2)15(19)13-6-8-18(9-7-13)11-12-4-3-5-14(16)10-12/h3-6,10H,7-9,11H2,1-2H3. The molecule has 1 aromatic carbocycles. The minimum absolute atomic E-state index is 0.0883. The SMILES string of the molecule is CN(C)C(=O)C1=CCN(Cc2cccc(F)c2)CC1. The lowest BCUT2D eigenvalue weighted by Gasteiger charge is -2.26. The van der Waals surface area contributed by atoms with Gasteiger partial charge in [0.05, 0.1) is 0 Å². The van der Waals surface area contributed by atoms with E-state index in [9.17, 15) is 9.18 Å². The smallest absolute Gasteiger partial charge is 0.249 e. The normalized spacial score (nSPS) is 16.1. The third-order valence-corrected chi connectivity index (χ3v) is 3.27. The lowest BCUT2D eigenvalue weighted by atomic mass is 10.1. The summed E-state index contributed by atoms with van der Waals surface area (Å²) >= 11 is 0. The number of carbonyl (C=O) groups is 1. The minimum atomic E-state index is -0.200. The summed E-state index contributed by atoms with van der Waals surface area (Å²) in [6.07, 6.45) is 2.73. The van der Waals surface area contributed by atoms with E-state index in [-0.39, 0.29) is 11.7 Å². The van der Waals surface area contributed by atoms with Gasteiger partial charge in [-0.25, -0.2) is 4.39 Å². The van der Waals surface area contributed by atoms with E-state index in [4.69, 9.17) is 0 Å². The molecule has 1 aromatic rings. The third-order valence-electron chi connectivity index (χ3n) is 3.27. The molecule has 102 valence electrons. The Morgan fingerprint density at radius 1 is 1.42 bits per heavy atom. The van der Waals surface area contributed by atoms with Crippen LogP contribution in [0.2, 0.25) is 0 Å². The molecule has 2 rings (SSSR count). The quantitative estimate of drug-likeness (QED) is 0.832. The molecule has 0 fully saturated rings. The van der Waals surface area contributed by atoms with Crippen LogP contribution in [-0.4, -0.2) is 42.9 Å². The summed E-state index contributed by atoms with van der Waals surface area (Å²) in [5, 5.41) is 0. The first-order chi connectivity index (χ1) is 9.06. The highest BCUT2D eigenvalue weighted by molar-refractivity contribution is 5.93. The average Bonchev–Trinajstić information content (AvgIpc) is 2.39. The van der Waals surface area contributed by atoms with Gasteiger partial charge in [0.2, 0.25) is 5.91 Å². The monoisotopic (exact) mass is 262 g/mol. The summed E-state index contributed by atoms with van der Waals surface area (Å²) in [5.74, 6) is -0.112. The fourth-order valence-electron chi connectivity index (χ4n) is 2.23. The van der Waals surface area contributed by atoms with Gasteiger partial charge in [-0.3, -0.25) is 9.69 Å². The van der Waals surface area contributed by atoms with Crippen LogP contribution in [0.5, 0.6) is 0 Å². The van der Waals surface area contributed by atoms with Crippen molar-refractivity contribution < 1.29 is 9.18 Å². The minimum Gasteiger partial charge on any atom is -0.345 e. The molecule has 3 nitrogen and oxygen atoms in total. The highest BCUT2D eigenvalue weighted by Gasteiger charge is 2.18. The van der Waals surface area contributed by atoms with Crippen molar-refractivity contribution in [3.8, 4) is 0 Å². The second kappa shape index (κ2) is 5.97. The van der Waals surface area contributed by atoms with Crippen LogP contribution in [0.1, 0.15) is 12.0 Å². The third kappa shape index (κ3) is 3.64. The Bertz CT molecular complexity index is 497. The zero-order valence-corrected chi connectivity index (χ0v) is 11.4. The Morgan fingerprint density at radius 2 is 2.21 bits per heavy atom. The molecule has 0 N–H and O–H groups in total. The van der Waals surface area contributed by atoms with Crippen molar-refractivity contribution in [3.63, 3.8) is 0 Å². The molecular formula is C15H19FN2O. The number of halogens is 1. The molecule has 0 aliphatic carbocycles. The molecule has 1 heterocycles. The Kier molecular flexibility index (Phi) is 4.32. The molecule has 0 saturated heterocycles. The van der Waals surface area contributed by atoms with Gasteiger partial charge >= 0.3 is 0 Å². The van der Waals surface area contributed by atoms with E-state index in [1.165, 1.54) is 6.07 Å². The number of benzene rings is 1. The van der Waals surface area contributed by atoms with Crippen molar-refractivity contribution in [2.45, 2.75) is 13.0 Å². The molecule has 0 bridgehead atoms. The van der Waals surface area contributed by atoms with Crippen molar-refractivity contribution >= 4 is 5.91 Å². The Labute approximate surface area is 113 Å². The molecule has 0 spiro atoms. The highest BCUT2D eigenvalue weighted by atomic mass is 19.1. The van der Waals surface area contributed by atoms with Gasteiger partial charge in [-0.1, -0.05) is 18.2 Å². The maximum atomic E-state index is 13.1. The van der Waals surface area contributed by atoms with Gasteiger partial charge < -0.3 is 4.90 Å². The fraction of sp³-hybridized carbons (Fsp3) is 0.400. The molecule has 0 unspecified atom stereocenters. The molecule has 0 aromatic heterocycles. The first kappa shape index (κ1) is 13.7. The molecule has 0 saturated carbocycles. The maximum Gasteiger partial charge on any atom is 0.249 e. The summed E-state index contributed by atoms with van der Waals surface area (Å²) in [6.45, 7) is 2.30. The largest absolute Gasteiger partial charge is 0.345 e. The molecule has 4 heteroatoms. The fourth-order valence-corrected chi connectivity index (χ4v) is 2.23. The van der Waals surface area contributed by atoms with Crippen molar-refractivity contribution in [1.82, 2.24) is 9.80 Å². The second-order valence-electron chi connectivity index (χ2n) is 5.04. The lowest BCUT2D eigenvalue weighted by Crippen LogP contribution is -2.33. The van der Waals surface area contributed by atoms with Crippen LogP contribution in [0.4, 0.5) is 4.39 Å². The van der Waals surface area contributed by atoms with E-state index in [0.717, 1.165) is 37.2 Å². The average molecular weight is 262 g/mol. The summed E-state index contributed by atoms with van der Waals surface area (Å²) < 4.78 is 13.1. The van der Waals surface area contributed by atoms with Gasteiger partial charge in [0.15, 0.2) is 0 Å². The Balaban J connectivity index is 1.95. The van der Waals surface area contributed by atoms with Crippen LogP contribution in [0.3, 0.4) is 0 Å². The zero-order chi connectivity index (χ0) is 13.8. The number of likely N-dealkylation sites (N-methyl/N-ethyl adjacent to an activating group) is 1. The van der Waals surface area contributed by atoms with Crippen LogP contribution < -0.4 is 0 Å². The Hall–Kier alpha value is -1.68. The summed E-state index contributed by atoms with van der Waals surface area (Å²) in [7, 11) is 3.53. The van der Waals surface area contributed by atoms with Gasteiger partial charge in [0.1, 0.15) is 5.82 Å². The first-order valence-corrected chi connectivity index (χ1v) is 6.44. The number of hydrogen-bond donors (Lipinski definition) is 0. The van der Waals surface area contributed by atoms with Crippen molar-refractivity contribution in [3.05, 3.63) is 47.3 Å². The van der Waals surface area contributed by atoms with E-state index in [0.29, 0.717) is 0 Å². The summed E-state index contributed by atoms with van der Waals surface area (Å²) in [6, 6.07) is 6.66. The highest BCUT2D eigenvalue weighted by Crippen LogP contribution is 2.15. The van der Waals surface area contributed by atoms with Crippen LogP contribution in [0.25, 0.3) is 0 Å². The topological polar surface area (TPSA) is 23.6 Å². The molecule has 1 amide bonds. The van der Waals surface area contributed by atoms with E-state index >= 15 is 0 Å². The van der Waals surface area contributed by atoms with Crippen molar-refractivity contribution in [1.29, 1.82) is 0 Å². The molecular weight excluding hydrogens is 243 g/mol. The molecule has 0 radical (unpaired) electrons. The van der Waals surface area contributed by atoms with E-state index < -0.39 is 0 Å². The van der Waals surface area contributed by atoms with E-state index in [1.807, 2.05) is 12.1 Å². The maximum absolute atomic E-state index is 13.1. The predicted octanol–water partition coefficient (Wildman–Crippen LogP) is 2.05. The first-order valence-electron chi connectivity index (χ1n) is 6.44. The predicted molar refractivity (Wildman–Crippen MR) is 73.1 cm³/mol. The Morgan fingerprint density at radius 3 is 2.79 bits per heavy atom. The summed E-state index contributed by atoms with van der Waals surface area (Å²) in [4.78, 5) is 15.6. The number of rotatable bonds is 3. The van der Waals surface area contributed by atoms with Gasteiger partial charge in [-0.05, 0) is 24.1 Å². The van der Waals surface area contributed by atoms with Gasteiger partial charge in [0.25, 0.3) is 0 Å².